The predicted molar refractivity (Wildman–Crippen MR) is 155 cm³/mol. The number of aryl methyl sites for hydroxylation is 1. The van der Waals surface area contributed by atoms with Crippen LogP contribution in [0.1, 0.15) is 54.7 Å². The molecule has 41 heavy (non-hydrogen) atoms. The summed E-state index contributed by atoms with van der Waals surface area (Å²) in [7, 11) is 0. The number of ether oxygens (including phenoxy) is 1. The van der Waals surface area contributed by atoms with E-state index in [1.807, 2.05) is 37.3 Å². The molecule has 6 rings (SSSR count). The van der Waals surface area contributed by atoms with Crippen molar-refractivity contribution in [1.82, 2.24) is 24.2 Å². The molecular formula is C31H34ClF2N5O2. The topological polar surface area (TPSA) is 65.2 Å². The number of aromatic nitrogens is 4. The van der Waals surface area contributed by atoms with Gasteiger partial charge in [-0.3, -0.25) is 4.68 Å². The van der Waals surface area contributed by atoms with E-state index in [1.165, 1.54) is 4.68 Å². The van der Waals surface area contributed by atoms with Crippen LogP contribution in [0.5, 0.6) is 0 Å². The minimum absolute atomic E-state index is 0.112. The highest BCUT2D eigenvalue weighted by Gasteiger charge is 2.35. The van der Waals surface area contributed by atoms with Crippen molar-refractivity contribution in [2.75, 3.05) is 26.2 Å². The van der Waals surface area contributed by atoms with Crippen molar-refractivity contribution in [1.29, 1.82) is 0 Å². The number of nitrogens with zero attached hydrogens (tertiary/aromatic N) is 5. The van der Waals surface area contributed by atoms with E-state index in [9.17, 15) is 13.6 Å². The number of piperidine rings is 1. The average Bonchev–Trinajstić information content (AvgIpc) is 3.67. The Balaban J connectivity index is 1.35. The van der Waals surface area contributed by atoms with E-state index in [2.05, 4.69) is 16.8 Å². The summed E-state index contributed by atoms with van der Waals surface area (Å²) < 4.78 is 37.8. The van der Waals surface area contributed by atoms with Crippen LogP contribution in [-0.4, -0.2) is 68.8 Å². The summed E-state index contributed by atoms with van der Waals surface area (Å²) in [6.07, 6.45) is 2.43. The van der Waals surface area contributed by atoms with Crippen LogP contribution in [0.2, 0.25) is 5.02 Å². The number of fused-ring (bicyclic) bond motifs is 2. The predicted octanol–water partition coefficient (Wildman–Crippen LogP) is 6.06. The van der Waals surface area contributed by atoms with Crippen molar-refractivity contribution >= 4 is 28.5 Å². The first-order valence-corrected chi connectivity index (χ1v) is 14.7. The Hall–Kier alpha value is -3.30. The van der Waals surface area contributed by atoms with Gasteiger partial charge < -0.3 is 14.2 Å². The van der Waals surface area contributed by atoms with Gasteiger partial charge in [-0.05, 0) is 56.1 Å². The Bertz CT molecular complexity index is 1580. The molecule has 10 heteroatoms. The zero-order valence-electron chi connectivity index (χ0n) is 23.5. The number of benzene rings is 2. The van der Waals surface area contributed by atoms with E-state index in [1.54, 1.807) is 24.0 Å². The van der Waals surface area contributed by atoms with Gasteiger partial charge in [-0.1, -0.05) is 42.8 Å². The van der Waals surface area contributed by atoms with E-state index in [4.69, 9.17) is 21.4 Å². The molecule has 0 N–H and O–H groups in total. The average molecular weight is 582 g/mol. The maximum atomic E-state index is 14.9. The number of rotatable bonds is 7. The van der Waals surface area contributed by atoms with Gasteiger partial charge in [0, 0.05) is 41.7 Å². The standard InChI is InChI=1S/C31H34ClF2N5O2/c1-4-37-11-10-22(25(34)16-37)19-6-8-20(9-7-19)23-12-18(3)24-15-39(36-28(24)27(23)32)30(31(40)41-5-2)29-26-13-21(33)14-38(26)17-35-29/h6-9,12,15,17,21-22,25,30H,4-5,10-11,13-14,16H2,1-3H3/t21-,22+,25-,30?/m0/s1. The van der Waals surface area contributed by atoms with Crippen LogP contribution in [0, 0.1) is 6.92 Å². The van der Waals surface area contributed by atoms with Crippen LogP contribution >= 0.6 is 11.6 Å². The Morgan fingerprint density at radius 2 is 1.98 bits per heavy atom. The van der Waals surface area contributed by atoms with Crippen LogP contribution in [0.3, 0.4) is 0 Å². The molecule has 2 aromatic heterocycles. The summed E-state index contributed by atoms with van der Waals surface area (Å²) in [5.41, 5.74) is 5.31. The zero-order chi connectivity index (χ0) is 28.8. The van der Waals surface area contributed by atoms with Crippen LogP contribution < -0.4 is 0 Å². The Morgan fingerprint density at radius 1 is 1.20 bits per heavy atom. The molecule has 2 aliphatic rings. The number of alkyl halides is 2. The maximum Gasteiger partial charge on any atom is 0.337 e. The molecule has 7 nitrogen and oxygen atoms in total. The number of likely N-dealkylation sites (tertiary alicyclic amines) is 1. The molecular weight excluding hydrogens is 548 g/mol. The van der Waals surface area contributed by atoms with Crippen molar-refractivity contribution in [3.05, 3.63) is 70.4 Å². The van der Waals surface area contributed by atoms with Gasteiger partial charge in [-0.2, -0.15) is 5.10 Å². The van der Waals surface area contributed by atoms with Gasteiger partial charge >= 0.3 is 5.97 Å². The van der Waals surface area contributed by atoms with Crippen molar-refractivity contribution < 1.29 is 18.3 Å². The molecule has 0 amide bonds. The molecule has 2 aromatic carbocycles. The third-order valence-corrected chi connectivity index (χ3v) is 8.89. The van der Waals surface area contributed by atoms with Gasteiger partial charge in [0.1, 0.15) is 17.9 Å². The minimum atomic E-state index is -1.02. The van der Waals surface area contributed by atoms with E-state index in [-0.39, 0.29) is 25.5 Å². The fourth-order valence-electron chi connectivity index (χ4n) is 6.29. The van der Waals surface area contributed by atoms with Gasteiger partial charge in [0.2, 0.25) is 0 Å². The molecule has 1 unspecified atom stereocenters. The lowest BCUT2D eigenvalue weighted by Crippen LogP contribution is -2.40. The number of hydrogen-bond donors (Lipinski definition) is 0. The number of halogens is 3. The lowest BCUT2D eigenvalue weighted by atomic mass is 9.87. The second-order valence-corrected chi connectivity index (χ2v) is 11.4. The normalized spacial score (nSPS) is 21.8. The summed E-state index contributed by atoms with van der Waals surface area (Å²) >= 11 is 6.96. The smallest absolute Gasteiger partial charge is 0.337 e. The highest BCUT2D eigenvalue weighted by molar-refractivity contribution is 6.38. The second kappa shape index (κ2) is 11.2. The van der Waals surface area contributed by atoms with Crippen molar-refractivity contribution in [3.63, 3.8) is 0 Å². The zero-order valence-corrected chi connectivity index (χ0v) is 24.2. The minimum Gasteiger partial charge on any atom is -0.464 e. The van der Waals surface area contributed by atoms with Crippen molar-refractivity contribution in [2.45, 2.75) is 64.5 Å². The summed E-state index contributed by atoms with van der Waals surface area (Å²) in [5, 5.41) is 6.02. The van der Waals surface area contributed by atoms with Crippen LogP contribution in [0.25, 0.3) is 22.0 Å². The molecule has 4 heterocycles. The highest BCUT2D eigenvalue weighted by Crippen LogP contribution is 2.39. The Morgan fingerprint density at radius 3 is 2.68 bits per heavy atom. The summed E-state index contributed by atoms with van der Waals surface area (Å²) in [4.78, 5) is 19.8. The van der Waals surface area contributed by atoms with Gasteiger partial charge in [-0.15, -0.1) is 0 Å². The van der Waals surface area contributed by atoms with E-state index >= 15 is 0 Å². The Kier molecular flexibility index (Phi) is 7.59. The summed E-state index contributed by atoms with van der Waals surface area (Å²) in [6.45, 7) is 8.42. The Labute approximate surface area is 243 Å². The van der Waals surface area contributed by atoms with Crippen LogP contribution in [0.15, 0.2) is 42.9 Å². The molecule has 0 radical (unpaired) electrons. The highest BCUT2D eigenvalue weighted by atomic mass is 35.5. The van der Waals surface area contributed by atoms with E-state index in [0.717, 1.165) is 47.2 Å². The molecule has 0 spiro atoms. The van der Waals surface area contributed by atoms with Crippen molar-refractivity contribution in [3.8, 4) is 11.1 Å². The summed E-state index contributed by atoms with van der Waals surface area (Å²) in [5.74, 6) is -0.622. The number of hydrogen-bond acceptors (Lipinski definition) is 5. The first-order chi connectivity index (χ1) is 19.8. The molecule has 0 aliphatic carbocycles. The maximum absolute atomic E-state index is 14.9. The molecule has 1 fully saturated rings. The largest absolute Gasteiger partial charge is 0.464 e. The van der Waals surface area contributed by atoms with Gasteiger partial charge in [0.25, 0.3) is 0 Å². The number of carbonyl (C=O) groups excluding carboxylic acids is 1. The first-order valence-electron chi connectivity index (χ1n) is 14.3. The molecule has 4 atom stereocenters. The van der Waals surface area contributed by atoms with Crippen LogP contribution in [-0.2, 0) is 22.5 Å². The lowest BCUT2D eigenvalue weighted by molar-refractivity contribution is -0.146. The number of carbonyl (C=O) groups is 1. The molecule has 2 aliphatic heterocycles. The van der Waals surface area contributed by atoms with Gasteiger partial charge in [0.15, 0.2) is 6.04 Å². The quantitative estimate of drug-likeness (QED) is 0.248. The molecule has 1 saturated heterocycles. The van der Waals surface area contributed by atoms with E-state index in [0.29, 0.717) is 28.5 Å². The summed E-state index contributed by atoms with van der Waals surface area (Å²) in [6, 6.07) is 9.01. The number of esters is 1. The fraction of sp³-hybridized carbons (Fsp3) is 0.452. The van der Waals surface area contributed by atoms with Crippen LogP contribution in [0.4, 0.5) is 8.78 Å². The first kappa shape index (κ1) is 27.8. The van der Waals surface area contributed by atoms with Crippen molar-refractivity contribution in [2.24, 2.45) is 0 Å². The number of imidazole rings is 1. The van der Waals surface area contributed by atoms with Gasteiger partial charge in [0.05, 0.1) is 30.2 Å². The third-order valence-electron chi connectivity index (χ3n) is 8.51. The second-order valence-electron chi connectivity index (χ2n) is 11.0. The molecule has 4 aromatic rings. The fourth-order valence-corrected chi connectivity index (χ4v) is 6.60. The molecule has 0 saturated carbocycles. The van der Waals surface area contributed by atoms with Gasteiger partial charge in [-0.25, -0.2) is 18.6 Å². The molecule has 0 bridgehead atoms. The monoisotopic (exact) mass is 581 g/mol. The third kappa shape index (κ3) is 5.03. The SMILES string of the molecule is CCOC(=O)C(c1ncn2c1C[C@H](F)C2)n1cc2c(C)cc(-c3ccc([C@H]4CCN(CC)C[C@@H]4F)cc3)c(Cl)c2n1. The molecule has 216 valence electrons. The van der Waals surface area contributed by atoms with E-state index < -0.39 is 24.4 Å². The lowest BCUT2D eigenvalue weighted by Gasteiger charge is -2.34.